The first-order valence-corrected chi connectivity index (χ1v) is 11.2. The molecule has 6 nitrogen and oxygen atoms in total. The van der Waals surface area contributed by atoms with Crippen molar-refractivity contribution in [3.63, 3.8) is 0 Å². The number of anilines is 2. The molecule has 2 aromatic heterocycles. The van der Waals surface area contributed by atoms with Crippen LogP contribution in [0.5, 0.6) is 0 Å². The van der Waals surface area contributed by atoms with Crippen molar-refractivity contribution >= 4 is 44.9 Å². The maximum atomic E-state index is 9.63. The first-order valence-electron chi connectivity index (χ1n) is 10.0. The molecule has 1 aliphatic rings. The maximum absolute atomic E-state index is 9.63. The second-order valence-corrected chi connectivity index (χ2v) is 9.47. The van der Waals surface area contributed by atoms with Gasteiger partial charge in [0.2, 0.25) is 5.95 Å². The number of nitrogens with one attached hydrogen (secondary N) is 2. The fraction of sp³-hybridized carbons (Fsp3) is 0.476. The number of nitrogens with zero attached hydrogens (tertiary/aromatic N) is 3. The lowest BCUT2D eigenvalue weighted by molar-refractivity contribution is 0.201. The zero-order chi connectivity index (χ0) is 20.5. The second kappa shape index (κ2) is 8.42. The van der Waals surface area contributed by atoms with Gasteiger partial charge in [-0.05, 0) is 50.7 Å². The molecule has 3 aromatic rings. The van der Waals surface area contributed by atoms with E-state index in [9.17, 15) is 5.11 Å². The third-order valence-corrected chi connectivity index (χ3v) is 6.74. The van der Waals surface area contributed by atoms with E-state index in [0.29, 0.717) is 28.8 Å². The Morgan fingerprint density at radius 3 is 2.69 bits per heavy atom. The van der Waals surface area contributed by atoms with Crippen molar-refractivity contribution < 1.29 is 5.11 Å². The molecule has 1 aromatic carbocycles. The standard InChI is InChI=1S/C21H26ClN5OS/c1-11(2)23-21-26-18(22)17(20-25-15-6-4-5-7-16(15)29-20)19(27-21)24-14-8-12(3)13(9-14)10-28/h4-7,11-14,28H,8-10H2,1-3H3,(H2,23,24,26,27)/t12-,13+,14-/m0/s1. The van der Waals surface area contributed by atoms with Gasteiger partial charge in [-0.1, -0.05) is 30.7 Å². The van der Waals surface area contributed by atoms with Crippen molar-refractivity contribution in [3.8, 4) is 10.6 Å². The highest BCUT2D eigenvalue weighted by Gasteiger charge is 2.32. The van der Waals surface area contributed by atoms with Crippen LogP contribution >= 0.6 is 22.9 Å². The van der Waals surface area contributed by atoms with Crippen LogP contribution in [0.25, 0.3) is 20.8 Å². The minimum Gasteiger partial charge on any atom is -0.396 e. The number of benzene rings is 1. The first-order chi connectivity index (χ1) is 13.9. The summed E-state index contributed by atoms with van der Waals surface area (Å²) in [6.07, 6.45) is 1.89. The summed E-state index contributed by atoms with van der Waals surface area (Å²) in [5.41, 5.74) is 1.68. The van der Waals surface area contributed by atoms with Crippen molar-refractivity contribution in [2.75, 3.05) is 17.2 Å². The molecule has 3 atom stereocenters. The molecule has 1 saturated carbocycles. The van der Waals surface area contributed by atoms with Gasteiger partial charge >= 0.3 is 0 Å². The van der Waals surface area contributed by atoms with Crippen LogP contribution < -0.4 is 10.6 Å². The van der Waals surface area contributed by atoms with Crippen LogP contribution in [0, 0.1) is 11.8 Å². The lowest BCUT2D eigenvalue weighted by atomic mass is 10.00. The van der Waals surface area contributed by atoms with Gasteiger partial charge < -0.3 is 15.7 Å². The van der Waals surface area contributed by atoms with Crippen LogP contribution in [0.2, 0.25) is 5.15 Å². The van der Waals surface area contributed by atoms with E-state index in [1.807, 2.05) is 32.0 Å². The Balaban J connectivity index is 1.74. The zero-order valence-electron chi connectivity index (χ0n) is 16.8. The van der Waals surface area contributed by atoms with Crippen LogP contribution in [0.3, 0.4) is 0 Å². The van der Waals surface area contributed by atoms with E-state index in [-0.39, 0.29) is 18.7 Å². The number of hydrogen-bond donors (Lipinski definition) is 3. The van der Waals surface area contributed by atoms with E-state index in [0.717, 1.165) is 33.6 Å². The van der Waals surface area contributed by atoms with E-state index in [1.54, 1.807) is 11.3 Å². The Kier molecular flexibility index (Phi) is 5.90. The Labute approximate surface area is 179 Å². The molecular formula is C21H26ClN5OS. The summed E-state index contributed by atoms with van der Waals surface area (Å²) in [6, 6.07) is 8.46. The molecule has 154 valence electrons. The summed E-state index contributed by atoms with van der Waals surface area (Å²) in [4.78, 5) is 14.0. The number of aliphatic hydroxyl groups excluding tert-OH is 1. The van der Waals surface area contributed by atoms with Gasteiger partial charge in [-0.2, -0.15) is 4.98 Å². The third kappa shape index (κ3) is 4.32. The van der Waals surface area contributed by atoms with Crippen LogP contribution in [-0.4, -0.2) is 38.7 Å². The quantitative estimate of drug-likeness (QED) is 0.474. The summed E-state index contributed by atoms with van der Waals surface area (Å²) in [5.74, 6) is 1.98. The second-order valence-electron chi connectivity index (χ2n) is 8.08. The monoisotopic (exact) mass is 431 g/mol. The molecule has 29 heavy (non-hydrogen) atoms. The van der Waals surface area contributed by atoms with Crippen LogP contribution in [0.1, 0.15) is 33.6 Å². The van der Waals surface area contributed by atoms with Crippen molar-refractivity contribution in [2.24, 2.45) is 11.8 Å². The average molecular weight is 432 g/mol. The first kappa shape index (κ1) is 20.3. The minimum atomic E-state index is 0.192. The molecule has 0 saturated heterocycles. The normalized spacial score (nSPS) is 21.8. The largest absolute Gasteiger partial charge is 0.396 e. The molecule has 3 N–H and O–H groups in total. The smallest absolute Gasteiger partial charge is 0.226 e. The lowest BCUT2D eigenvalue weighted by Gasteiger charge is -2.18. The molecule has 1 aliphatic carbocycles. The van der Waals surface area contributed by atoms with Gasteiger partial charge in [0.25, 0.3) is 0 Å². The summed E-state index contributed by atoms with van der Waals surface area (Å²) in [5, 5.41) is 17.6. The molecular weight excluding hydrogens is 406 g/mol. The van der Waals surface area contributed by atoms with E-state index in [4.69, 9.17) is 21.6 Å². The number of fused-ring (bicyclic) bond motifs is 1. The Hall–Kier alpha value is -1.96. The summed E-state index contributed by atoms with van der Waals surface area (Å²) < 4.78 is 1.10. The molecule has 0 amide bonds. The molecule has 4 rings (SSSR count). The topological polar surface area (TPSA) is 83.0 Å². The molecule has 2 heterocycles. The van der Waals surface area contributed by atoms with Crippen LogP contribution in [0.15, 0.2) is 24.3 Å². The number of para-hydroxylation sites is 1. The Morgan fingerprint density at radius 2 is 2.00 bits per heavy atom. The molecule has 0 radical (unpaired) electrons. The fourth-order valence-electron chi connectivity index (χ4n) is 3.93. The predicted molar refractivity (Wildman–Crippen MR) is 121 cm³/mol. The van der Waals surface area contributed by atoms with Gasteiger partial charge in [0.05, 0.1) is 15.8 Å². The van der Waals surface area contributed by atoms with Crippen molar-refractivity contribution in [1.82, 2.24) is 15.0 Å². The summed E-state index contributed by atoms with van der Waals surface area (Å²) in [6.45, 7) is 6.48. The van der Waals surface area contributed by atoms with Gasteiger partial charge in [-0.3, -0.25) is 0 Å². The molecule has 0 aliphatic heterocycles. The highest BCUT2D eigenvalue weighted by atomic mass is 35.5. The summed E-state index contributed by atoms with van der Waals surface area (Å²) >= 11 is 8.23. The molecule has 8 heteroatoms. The maximum Gasteiger partial charge on any atom is 0.226 e. The lowest BCUT2D eigenvalue weighted by Crippen LogP contribution is -2.20. The zero-order valence-corrected chi connectivity index (χ0v) is 18.4. The molecule has 0 unspecified atom stereocenters. The fourth-order valence-corrected chi connectivity index (χ4v) is 5.26. The van der Waals surface area contributed by atoms with Gasteiger partial charge in [0, 0.05) is 18.7 Å². The number of rotatable bonds is 6. The van der Waals surface area contributed by atoms with E-state index < -0.39 is 0 Å². The van der Waals surface area contributed by atoms with Gasteiger partial charge in [-0.15, -0.1) is 11.3 Å². The number of hydrogen-bond acceptors (Lipinski definition) is 7. The number of thiazole rings is 1. The van der Waals surface area contributed by atoms with E-state index in [1.165, 1.54) is 0 Å². The van der Waals surface area contributed by atoms with Crippen molar-refractivity contribution in [3.05, 3.63) is 29.4 Å². The third-order valence-electron chi connectivity index (χ3n) is 5.41. The highest BCUT2D eigenvalue weighted by molar-refractivity contribution is 7.21. The molecule has 1 fully saturated rings. The Morgan fingerprint density at radius 1 is 1.21 bits per heavy atom. The SMILES string of the molecule is CC(C)Nc1nc(Cl)c(-c2nc3ccccc3s2)c(N[C@@H]2C[C@H](CO)[C@@H](C)C2)n1. The van der Waals surface area contributed by atoms with Crippen LogP contribution in [0.4, 0.5) is 11.8 Å². The average Bonchev–Trinajstić information content (AvgIpc) is 3.23. The molecule has 0 bridgehead atoms. The number of aliphatic hydroxyl groups is 1. The molecule has 0 spiro atoms. The number of aromatic nitrogens is 3. The van der Waals surface area contributed by atoms with Crippen molar-refractivity contribution in [1.29, 1.82) is 0 Å². The minimum absolute atomic E-state index is 0.192. The Bertz CT molecular complexity index is 975. The van der Waals surface area contributed by atoms with Gasteiger partial charge in [-0.25, -0.2) is 9.97 Å². The number of halogens is 1. The van der Waals surface area contributed by atoms with Gasteiger partial charge in [0.1, 0.15) is 16.0 Å². The van der Waals surface area contributed by atoms with E-state index >= 15 is 0 Å². The highest BCUT2D eigenvalue weighted by Crippen LogP contribution is 2.40. The van der Waals surface area contributed by atoms with Crippen LogP contribution in [-0.2, 0) is 0 Å². The van der Waals surface area contributed by atoms with Gasteiger partial charge in [0.15, 0.2) is 0 Å². The van der Waals surface area contributed by atoms with E-state index in [2.05, 4.69) is 28.6 Å². The van der Waals surface area contributed by atoms with Crippen molar-refractivity contribution in [2.45, 2.75) is 45.7 Å². The summed E-state index contributed by atoms with van der Waals surface area (Å²) in [7, 11) is 0. The predicted octanol–water partition coefficient (Wildman–Crippen LogP) is 5.05.